The lowest BCUT2D eigenvalue weighted by atomic mass is 9.97. The maximum Gasteiger partial charge on any atom is 0.408 e. The van der Waals surface area contributed by atoms with E-state index in [-0.39, 0.29) is 12.2 Å². The molecule has 0 spiro atoms. The predicted octanol–water partition coefficient (Wildman–Crippen LogP) is 5.89. The van der Waals surface area contributed by atoms with Crippen molar-refractivity contribution in [1.29, 1.82) is 0 Å². The van der Waals surface area contributed by atoms with E-state index in [1.54, 1.807) is 65.8 Å². The van der Waals surface area contributed by atoms with E-state index in [1.165, 1.54) is 4.90 Å². The molecule has 0 saturated heterocycles. The molecule has 2 N–H and O–H groups in total. The number of carbonyl (C=O) groups is 4. The van der Waals surface area contributed by atoms with E-state index in [9.17, 15) is 19.2 Å². The number of thiol groups is 1. The van der Waals surface area contributed by atoms with Crippen LogP contribution in [-0.4, -0.2) is 63.9 Å². The van der Waals surface area contributed by atoms with E-state index >= 15 is 0 Å². The number of alkyl carbamates (subject to hydrolysis) is 1. The molecule has 9 nitrogen and oxygen atoms in total. The molecule has 0 radical (unpaired) electrons. The van der Waals surface area contributed by atoms with Gasteiger partial charge < -0.3 is 25.0 Å². The number of nitrogens with zero attached hydrogens (tertiary/aromatic N) is 1. The average molecular weight is 640 g/mol. The van der Waals surface area contributed by atoms with Crippen molar-refractivity contribution in [2.24, 2.45) is 0 Å². The van der Waals surface area contributed by atoms with E-state index in [0.29, 0.717) is 12.0 Å². The van der Waals surface area contributed by atoms with Crippen LogP contribution in [0.15, 0.2) is 61.2 Å². The summed E-state index contributed by atoms with van der Waals surface area (Å²) < 4.78 is 11.1. The Balaban J connectivity index is 2.62. The summed E-state index contributed by atoms with van der Waals surface area (Å²) in [5.74, 6) is -1.74. The smallest absolute Gasteiger partial charge is 0.408 e. The fourth-order valence-electron chi connectivity index (χ4n) is 4.57. The first-order valence-corrected chi connectivity index (χ1v) is 15.8. The topological polar surface area (TPSA) is 114 Å². The first-order valence-electron chi connectivity index (χ1n) is 15.2. The lowest BCUT2D eigenvalue weighted by molar-refractivity contribution is -0.159. The molecule has 45 heavy (non-hydrogen) atoms. The lowest BCUT2D eigenvalue weighted by Gasteiger charge is -2.38. The van der Waals surface area contributed by atoms with Gasteiger partial charge >= 0.3 is 12.1 Å². The minimum absolute atomic E-state index is 0.0411. The van der Waals surface area contributed by atoms with Gasteiger partial charge in [0.05, 0.1) is 0 Å². The molecular formula is C35H49N3O6S. The van der Waals surface area contributed by atoms with Crippen LogP contribution in [0.4, 0.5) is 4.79 Å². The number of rotatable bonds is 13. The number of carbonyl (C=O) groups excluding carboxylic acids is 4. The fourth-order valence-corrected chi connectivity index (χ4v) is 4.82. The zero-order valence-electron chi connectivity index (χ0n) is 27.8. The second kappa shape index (κ2) is 16.5. The Morgan fingerprint density at radius 1 is 0.911 bits per heavy atom. The summed E-state index contributed by atoms with van der Waals surface area (Å²) >= 11 is 4.36. The Hall–Kier alpha value is -3.79. The van der Waals surface area contributed by atoms with Gasteiger partial charge in [-0.05, 0) is 77.6 Å². The van der Waals surface area contributed by atoms with E-state index in [0.717, 1.165) is 11.1 Å². The number of nitrogens with one attached hydrogen (secondary N) is 2. The molecule has 2 rings (SSSR count). The normalized spacial score (nSPS) is 14.2. The van der Waals surface area contributed by atoms with Gasteiger partial charge in [-0.25, -0.2) is 9.59 Å². The van der Waals surface area contributed by atoms with Crippen LogP contribution < -0.4 is 10.6 Å². The molecule has 10 heteroatoms. The van der Waals surface area contributed by atoms with Crippen molar-refractivity contribution in [2.75, 3.05) is 5.75 Å². The number of ether oxygens (including phenoxy) is 2. The zero-order chi connectivity index (χ0) is 33.9. The highest BCUT2D eigenvalue weighted by Crippen LogP contribution is 2.28. The Kier molecular flexibility index (Phi) is 13.7. The fraction of sp³-hybridized carbons (Fsp3) is 0.486. The highest BCUT2D eigenvalue weighted by molar-refractivity contribution is 7.80. The molecule has 0 bridgehead atoms. The van der Waals surface area contributed by atoms with Crippen LogP contribution in [-0.2, 0) is 30.3 Å². The molecule has 2 aromatic carbocycles. The van der Waals surface area contributed by atoms with Gasteiger partial charge in [0, 0.05) is 18.2 Å². The molecule has 3 amide bonds. The van der Waals surface area contributed by atoms with Crippen LogP contribution >= 0.6 is 12.6 Å². The number of hydrogen-bond donors (Lipinski definition) is 3. The molecule has 0 aromatic heterocycles. The summed E-state index contributed by atoms with van der Waals surface area (Å²) in [6.45, 7) is 18.0. The molecule has 0 saturated carbocycles. The minimum Gasteiger partial charge on any atom is -0.458 e. The summed E-state index contributed by atoms with van der Waals surface area (Å²) in [5, 5.41) is 5.52. The monoisotopic (exact) mass is 639 g/mol. The van der Waals surface area contributed by atoms with Crippen LogP contribution in [0.5, 0.6) is 0 Å². The summed E-state index contributed by atoms with van der Waals surface area (Å²) in [4.78, 5) is 56.3. The van der Waals surface area contributed by atoms with Gasteiger partial charge in [0.25, 0.3) is 0 Å². The quantitative estimate of drug-likeness (QED) is 0.186. The van der Waals surface area contributed by atoms with Crippen molar-refractivity contribution in [1.82, 2.24) is 15.5 Å². The first-order chi connectivity index (χ1) is 21.0. The molecule has 0 aliphatic rings. The van der Waals surface area contributed by atoms with Crippen molar-refractivity contribution in [2.45, 2.75) is 104 Å². The largest absolute Gasteiger partial charge is 0.458 e. The number of esters is 1. The summed E-state index contributed by atoms with van der Waals surface area (Å²) in [6, 6.07) is 12.7. The standard InChI is InChI=1S/C35H49N3O6S/c1-10-23(3)38(31(40)28(22-45)37-33(42)44-35(7,8)9)29(26-19-15-18-24(11-2)20-26)30(39)36-27(32(41)43-34(4,5)6)21-25-16-13-12-14-17-25/h11-20,23,27-29,45H,2,10,21-22H2,1,3-9H3,(H,36,39)(H,37,42). The summed E-state index contributed by atoms with van der Waals surface area (Å²) in [7, 11) is 0. The molecule has 4 atom stereocenters. The molecule has 2 aromatic rings. The van der Waals surface area contributed by atoms with Crippen LogP contribution in [0, 0.1) is 0 Å². The molecule has 246 valence electrons. The third-order valence-corrected chi connectivity index (χ3v) is 7.14. The van der Waals surface area contributed by atoms with Crippen molar-refractivity contribution in [3.05, 3.63) is 77.9 Å². The molecule has 0 heterocycles. The van der Waals surface area contributed by atoms with E-state index in [1.807, 2.05) is 50.2 Å². The molecular weight excluding hydrogens is 590 g/mol. The Bertz CT molecular complexity index is 1320. The van der Waals surface area contributed by atoms with Gasteiger partial charge in [-0.2, -0.15) is 12.6 Å². The molecule has 0 aliphatic carbocycles. The highest BCUT2D eigenvalue weighted by atomic mass is 32.1. The zero-order valence-corrected chi connectivity index (χ0v) is 28.6. The molecule has 0 fully saturated rings. The Labute approximate surface area is 273 Å². The second-order valence-electron chi connectivity index (χ2n) is 12.9. The maximum absolute atomic E-state index is 14.4. The van der Waals surface area contributed by atoms with E-state index in [4.69, 9.17) is 9.47 Å². The lowest BCUT2D eigenvalue weighted by Crippen LogP contribution is -2.57. The van der Waals surface area contributed by atoms with Gasteiger partial charge in [-0.15, -0.1) is 0 Å². The van der Waals surface area contributed by atoms with Crippen LogP contribution in [0.1, 0.15) is 84.5 Å². The number of hydrogen-bond acceptors (Lipinski definition) is 7. The van der Waals surface area contributed by atoms with Crippen molar-refractivity contribution in [3.63, 3.8) is 0 Å². The van der Waals surface area contributed by atoms with Gasteiger partial charge in [-0.1, -0.05) is 68.1 Å². The average Bonchev–Trinajstić information content (AvgIpc) is 2.96. The Morgan fingerprint density at radius 3 is 2.07 bits per heavy atom. The van der Waals surface area contributed by atoms with Gasteiger partial charge in [0.15, 0.2) is 0 Å². The van der Waals surface area contributed by atoms with Crippen molar-refractivity contribution >= 4 is 42.6 Å². The third kappa shape index (κ3) is 11.9. The van der Waals surface area contributed by atoms with Gasteiger partial charge in [0.1, 0.15) is 29.3 Å². The Morgan fingerprint density at radius 2 is 1.53 bits per heavy atom. The second-order valence-corrected chi connectivity index (χ2v) is 13.3. The highest BCUT2D eigenvalue weighted by Gasteiger charge is 2.40. The summed E-state index contributed by atoms with van der Waals surface area (Å²) in [6.07, 6.45) is 1.55. The SMILES string of the molecule is C=Cc1cccc(C(C(=O)NC(Cc2ccccc2)C(=O)OC(C)(C)C)N(C(=O)C(CS)NC(=O)OC(C)(C)C)C(C)CC)c1. The first kappa shape index (κ1) is 37.4. The van der Waals surface area contributed by atoms with Crippen LogP contribution in [0.2, 0.25) is 0 Å². The molecule has 0 aliphatic heterocycles. The van der Waals surface area contributed by atoms with Crippen LogP contribution in [0.25, 0.3) is 6.08 Å². The number of benzene rings is 2. The predicted molar refractivity (Wildman–Crippen MR) is 181 cm³/mol. The van der Waals surface area contributed by atoms with Crippen molar-refractivity contribution in [3.8, 4) is 0 Å². The molecule has 4 unspecified atom stereocenters. The summed E-state index contributed by atoms with van der Waals surface area (Å²) in [5.41, 5.74) is 0.503. The van der Waals surface area contributed by atoms with Crippen LogP contribution in [0.3, 0.4) is 0 Å². The van der Waals surface area contributed by atoms with Gasteiger partial charge in [-0.3, -0.25) is 9.59 Å². The van der Waals surface area contributed by atoms with E-state index < -0.39 is 59.2 Å². The number of amides is 3. The minimum atomic E-state index is -1.17. The third-order valence-electron chi connectivity index (χ3n) is 6.77. The maximum atomic E-state index is 14.4. The van der Waals surface area contributed by atoms with E-state index in [2.05, 4.69) is 29.8 Å². The van der Waals surface area contributed by atoms with Crippen molar-refractivity contribution < 1.29 is 28.7 Å². The van der Waals surface area contributed by atoms with Gasteiger partial charge in [0.2, 0.25) is 11.8 Å².